The smallest absolute Gasteiger partial charge is 0.303 e. The predicted octanol–water partition coefficient (Wildman–Crippen LogP) is 1.30. The van der Waals surface area contributed by atoms with Crippen molar-refractivity contribution in [3.8, 4) is 0 Å². The first-order valence-corrected chi connectivity index (χ1v) is 7.44. The van der Waals surface area contributed by atoms with Crippen LogP contribution in [-0.2, 0) is 9.59 Å². The Labute approximate surface area is 127 Å². The number of aliphatic carboxylic acids is 1. The zero-order chi connectivity index (χ0) is 15.5. The fraction of sp³-hybridized carbons (Fsp3) is 0.467. The van der Waals surface area contributed by atoms with Gasteiger partial charge in [-0.3, -0.25) is 14.0 Å². The number of pyridine rings is 1. The summed E-state index contributed by atoms with van der Waals surface area (Å²) in [5, 5.41) is 17.1. The number of rotatable bonds is 4. The Morgan fingerprint density at radius 2 is 1.95 bits per heavy atom. The molecular formula is C15H18N4O3. The van der Waals surface area contributed by atoms with E-state index >= 15 is 0 Å². The number of carboxylic acid groups (broad SMARTS) is 1. The number of likely N-dealkylation sites (tertiary alicyclic amines) is 1. The molecule has 1 N–H and O–H groups in total. The van der Waals surface area contributed by atoms with E-state index in [1.165, 1.54) is 0 Å². The molecule has 3 heterocycles. The number of carboxylic acids is 1. The van der Waals surface area contributed by atoms with Crippen molar-refractivity contribution in [3.05, 3.63) is 30.2 Å². The first-order chi connectivity index (χ1) is 10.6. The van der Waals surface area contributed by atoms with Crippen LogP contribution in [0.25, 0.3) is 5.65 Å². The average molecular weight is 302 g/mol. The molecule has 2 aromatic rings. The molecule has 1 fully saturated rings. The number of aromatic nitrogens is 3. The van der Waals surface area contributed by atoms with Gasteiger partial charge in [0, 0.05) is 31.6 Å². The van der Waals surface area contributed by atoms with Crippen molar-refractivity contribution in [1.82, 2.24) is 19.5 Å². The topological polar surface area (TPSA) is 87.8 Å². The summed E-state index contributed by atoms with van der Waals surface area (Å²) >= 11 is 0. The van der Waals surface area contributed by atoms with Crippen molar-refractivity contribution >= 4 is 17.5 Å². The van der Waals surface area contributed by atoms with Crippen LogP contribution >= 0.6 is 0 Å². The third kappa shape index (κ3) is 2.93. The minimum Gasteiger partial charge on any atom is -0.481 e. The molecule has 7 nitrogen and oxygen atoms in total. The van der Waals surface area contributed by atoms with Crippen LogP contribution in [0.4, 0.5) is 0 Å². The molecule has 0 saturated carbocycles. The van der Waals surface area contributed by atoms with E-state index in [1.807, 2.05) is 28.8 Å². The average Bonchev–Trinajstić information content (AvgIpc) is 2.97. The summed E-state index contributed by atoms with van der Waals surface area (Å²) in [5.41, 5.74) is 0.831. The van der Waals surface area contributed by atoms with E-state index < -0.39 is 5.97 Å². The Kier molecular flexibility index (Phi) is 4.04. The number of fused-ring (bicyclic) bond motifs is 1. The Bertz CT molecular complexity index is 689. The van der Waals surface area contributed by atoms with Crippen LogP contribution in [0.2, 0.25) is 0 Å². The van der Waals surface area contributed by atoms with Gasteiger partial charge in [-0.25, -0.2) is 0 Å². The number of hydrogen-bond donors (Lipinski definition) is 1. The van der Waals surface area contributed by atoms with Crippen molar-refractivity contribution in [1.29, 1.82) is 0 Å². The van der Waals surface area contributed by atoms with Gasteiger partial charge in [0.05, 0.1) is 6.42 Å². The van der Waals surface area contributed by atoms with E-state index in [9.17, 15) is 9.59 Å². The zero-order valence-corrected chi connectivity index (χ0v) is 12.2. The van der Waals surface area contributed by atoms with Crippen LogP contribution in [0.15, 0.2) is 24.4 Å². The van der Waals surface area contributed by atoms with E-state index in [4.69, 9.17) is 5.11 Å². The lowest BCUT2D eigenvalue weighted by Crippen LogP contribution is -2.38. The summed E-state index contributed by atoms with van der Waals surface area (Å²) in [5.74, 6) is 0.208. The van der Waals surface area contributed by atoms with Gasteiger partial charge in [-0.05, 0) is 25.0 Å². The zero-order valence-electron chi connectivity index (χ0n) is 12.2. The largest absolute Gasteiger partial charge is 0.481 e. The van der Waals surface area contributed by atoms with Crippen LogP contribution < -0.4 is 0 Å². The highest BCUT2D eigenvalue weighted by Crippen LogP contribution is 2.27. The maximum atomic E-state index is 11.9. The maximum Gasteiger partial charge on any atom is 0.303 e. The highest BCUT2D eigenvalue weighted by atomic mass is 16.4. The number of nitrogens with zero attached hydrogens (tertiary/aromatic N) is 4. The predicted molar refractivity (Wildman–Crippen MR) is 78.4 cm³/mol. The van der Waals surface area contributed by atoms with Gasteiger partial charge in [0.25, 0.3) is 0 Å². The van der Waals surface area contributed by atoms with Gasteiger partial charge in [-0.2, -0.15) is 0 Å². The second kappa shape index (κ2) is 6.13. The highest BCUT2D eigenvalue weighted by Gasteiger charge is 2.26. The normalized spacial score (nSPS) is 16.1. The fourth-order valence-corrected chi connectivity index (χ4v) is 2.90. The van der Waals surface area contributed by atoms with Gasteiger partial charge >= 0.3 is 5.97 Å². The first-order valence-electron chi connectivity index (χ1n) is 7.44. The van der Waals surface area contributed by atoms with Crippen LogP contribution in [0.1, 0.15) is 37.4 Å². The van der Waals surface area contributed by atoms with Crippen molar-refractivity contribution in [2.24, 2.45) is 0 Å². The summed E-state index contributed by atoms with van der Waals surface area (Å²) < 4.78 is 1.99. The van der Waals surface area contributed by atoms with Gasteiger partial charge in [-0.1, -0.05) is 6.07 Å². The summed E-state index contributed by atoms with van der Waals surface area (Å²) in [6.07, 6.45) is 3.58. The number of carbonyl (C=O) groups is 2. The van der Waals surface area contributed by atoms with E-state index in [1.54, 1.807) is 4.90 Å². The molecule has 1 aliphatic heterocycles. The van der Waals surface area contributed by atoms with E-state index in [-0.39, 0.29) is 24.7 Å². The van der Waals surface area contributed by atoms with E-state index in [0.29, 0.717) is 13.1 Å². The molecule has 0 unspecified atom stereocenters. The lowest BCUT2D eigenvalue weighted by molar-refractivity contribution is -0.141. The Hall–Kier alpha value is -2.44. The first kappa shape index (κ1) is 14.5. The van der Waals surface area contributed by atoms with Crippen molar-refractivity contribution in [2.75, 3.05) is 13.1 Å². The minimum atomic E-state index is -0.932. The maximum absolute atomic E-state index is 11.9. The van der Waals surface area contributed by atoms with Gasteiger partial charge in [0.15, 0.2) is 5.65 Å². The second-order valence-electron chi connectivity index (χ2n) is 5.54. The molecule has 0 bridgehead atoms. The standard InChI is InChI=1S/C15H18N4O3/c20-13(4-5-14(21)22)18-9-6-11(7-10-18)15-17-16-12-3-1-2-8-19(12)15/h1-3,8,11H,4-7,9-10H2,(H,21,22). The summed E-state index contributed by atoms with van der Waals surface area (Å²) in [4.78, 5) is 24.2. The summed E-state index contributed by atoms with van der Waals surface area (Å²) in [7, 11) is 0. The molecule has 22 heavy (non-hydrogen) atoms. The molecule has 1 amide bonds. The van der Waals surface area contributed by atoms with Crippen LogP contribution in [-0.4, -0.2) is 49.6 Å². The lowest BCUT2D eigenvalue weighted by atomic mass is 9.95. The van der Waals surface area contributed by atoms with E-state index in [0.717, 1.165) is 24.3 Å². The number of amides is 1. The molecule has 7 heteroatoms. The lowest BCUT2D eigenvalue weighted by Gasteiger charge is -2.31. The third-order valence-corrected chi connectivity index (χ3v) is 4.11. The molecule has 0 radical (unpaired) electrons. The molecule has 1 saturated heterocycles. The van der Waals surface area contributed by atoms with Crippen molar-refractivity contribution in [2.45, 2.75) is 31.6 Å². The fourth-order valence-electron chi connectivity index (χ4n) is 2.90. The molecule has 3 rings (SSSR count). The molecule has 1 aliphatic rings. The molecule has 2 aromatic heterocycles. The number of carbonyl (C=O) groups excluding carboxylic acids is 1. The second-order valence-corrected chi connectivity index (χ2v) is 5.54. The molecule has 0 aromatic carbocycles. The summed E-state index contributed by atoms with van der Waals surface area (Å²) in [6, 6.07) is 5.79. The van der Waals surface area contributed by atoms with Gasteiger partial charge in [0.2, 0.25) is 5.91 Å². The van der Waals surface area contributed by atoms with Crippen molar-refractivity contribution in [3.63, 3.8) is 0 Å². The van der Waals surface area contributed by atoms with Gasteiger partial charge in [0.1, 0.15) is 5.82 Å². The van der Waals surface area contributed by atoms with Crippen molar-refractivity contribution < 1.29 is 14.7 Å². The molecule has 0 spiro atoms. The Balaban J connectivity index is 1.62. The van der Waals surface area contributed by atoms with Crippen LogP contribution in [0.5, 0.6) is 0 Å². The van der Waals surface area contributed by atoms with Gasteiger partial charge < -0.3 is 10.0 Å². The Morgan fingerprint density at radius 3 is 2.68 bits per heavy atom. The molecule has 0 atom stereocenters. The number of hydrogen-bond acceptors (Lipinski definition) is 4. The van der Waals surface area contributed by atoms with Gasteiger partial charge in [-0.15, -0.1) is 10.2 Å². The number of piperidine rings is 1. The highest BCUT2D eigenvalue weighted by molar-refractivity contribution is 5.80. The SMILES string of the molecule is O=C(O)CCC(=O)N1CCC(c2nnc3ccccn23)CC1. The quantitative estimate of drug-likeness (QED) is 0.919. The summed E-state index contributed by atoms with van der Waals surface area (Å²) in [6.45, 7) is 1.29. The van der Waals surface area contributed by atoms with Crippen LogP contribution in [0.3, 0.4) is 0 Å². The Morgan fingerprint density at radius 1 is 1.18 bits per heavy atom. The monoisotopic (exact) mass is 302 g/mol. The minimum absolute atomic E-state index is 0.0769. The third-order valence-electron chi connectivity index (χ3n) is 4.11. The van der Waals surface area contributed by atoms with E-state index in [2.05, 4.69) is 10.2 Å². The molecule has 116 valence electrons. The molecule has 0 aliphatic carbocycles. The molecular weight excluding hydrogens is 284 g/mol. The van der Waals surface area contributed by atoms with Crippen LogP contribution in [0, 0.1) is 0 Å².